The molecule has 3 rings (SSSR count). The van der Waals surface area contributed by atoms with Gasteiger partial charge < -0.3 is 10.1 Å². The maximum Gasteiger partial charge on any atom is 0.251 e. The van der Waals surface area contributed by atoms with Crippen LogP contribution in [0.4, 0.5) is 5.69 Å². The van der Waals surface area contributed by atoms with E-state index in [9.17, 15) is 13.2 Å². The number of rotatable bonds is 6. The van der Waals surface area contributed by atoms with E-state index < -0.39 is 10.0 Å². The SMILES string of the molecule is CS(=O)(=O)Nc1ccc(C(=O)NCC2(c3ccccc3)CCOCC2)cc1. The highest BCUT2D eigenvalue weighted by molar-refractivity contribution is 7.92. The van der Waals surface area contributed by atoms with Crippen LogP contribution in [0.25, 0.3) is 0 Å². The second-order valence-electron chi connectivity index (χ2n) is 6.89. The normalized spacial score (nSPS) is 16.5. The van der Waals surface area contributed by atoms with Crippen LogP contribution < -0.4 is 10.0 Å². The van der Waals surface area contributed by atoms with E-state index in [1.165, 1.54) is 5.56 Å². The van der Waals surface area contributed by atoms with Crippen molar-refractivity contribution in [2.24, 2.45) is 0 Å². The Morgan fingerprint density at radius 1 is 1.04 bits per heavy atom. The summed E-state index contributed by atoms with van der Waals surface area (Å²) >= 11 is 0. The Morgan fingerprint density at radius 3 is 2.26 bits per heavy atom. The average Bonchev–Trinajstić information content (AvgIpc) is 2.67. The number of ether oxygens (including phenoxy) is 1. The third-order valence-electron chi connectivity index (χ3n) is 4.87. The Morgan fingerprint density at radius 2 is 1.67 bits per heavy atom. The number of nitrogens with one attached hydrogen (secondary N) is 2. The summed E-state index contributed by atoms with van der Waals surface area (Å²) in [7, 11) is -3.34. The van der Waals surface area contributed by atoms with Crippen LogP contribution in [0.15, 0.2) is 54.6 Å². The van der Waals surface area contributed by atoms with E-state index in [2.05, 4.69) is 22.2 Å². The molecular weight excluding hydrogens is 364 g/mol. The van der Waals surface area contributed by atoms with Gasteiger partial charge in [-0.2, -0.15) is 0 Å². The van der Waals surface area contributed by atoms with Gasteiger partial charge in [0.05, 0.1) is 6.26 Å². The lowest BCUT2D eigenvalue weighted by molar-refractivity contribution is 0.0487. The molecule has 1 aliphatic heterocycles. The van der Waals surface area contributed by atoms with Gasteiger partial charge >= 0.3 is 0 Å². The van der Waals surface area contributed by atoms with Crippen LogP contribution >= 0.6 is 0 Å². The van der Waals surface area contributed by atoms with Gasteiger partial charge in [-0.25, -0.2) is 8.42 Å². The lowest BCUT2D eigenvalue weighted by atomic mass is 9.74. The summed E-state index contributed by atoms with van der Waals surface area (Å²) in [6, 6.07) is 16.6. The van der Waals surface area contributed by atoms with E-state index in [4.69, 9.17) is 4.74 Å². The zero-order valence-corrected chi connectivity index (χ0v) is 16.1. The summed E-state index contributed by atoms with van der Waals surface area (Å²) in [5.74, 6) is -0.178. The van der Waals surface area contributed by atoms with Crippen molar-refractivity contribution in [2.45, 2.75) is 18.3 Å². The van der Waals surface area contributed by atoms with Gasteiger partial charge in [0.2, 0.25) is 10.0 Å². The first-order valence-corrected chi connectivity index (χ1v) is 10.8. The highest BCUT2D eigenvalue weighted by atomic mass is 32.2. The van der Waals surface area contributed by atoms with E-state index in [-0.39, 0.29) is 11.3 Å². The quantitative estimate of drug-likeness (QED) is 0.796. The Labute approximate surface area is 160 Å². The predicted octanol–water partition coefficient (Wildman–Crippen LogP) is 2.54. The van der Waals surface area contributed by atoms with E-state index >= 15 is 0 Å². The van der Waals surface area contributed by atoms with Crippen LogP contribution in [0.5, 0.6) is 0 Å². The molecule has 0 aromatic heterocycles. The zero-order chi connectivity index (χ0) is 19.3. The summed E-state index contributed by atoms with van der Waals surface area (Å²) in [5, 5.41) is 3.04. The molecule has 1 amide bonds. The van der Waals surface area contributed by atoms with Crippen molar-refractivity contribution in [1.82, 2.24) is 5.32 Å². The van der Waals surface area contributed by atoms with Crippen LogP contribution in [-0.2, 0) is 20.2 Å². The minimum atomic E-state index is -3.34. The average molecular weight is 388 g/mol. The molecule has 144 valence electrons. The number of amides is 1. The molecule has 0 aliphatic carbocycles. The summed E-state index contributed by atoms with van der Waals surface area (Å²) in [4.78, 5) is 12.6. The van der Waals surface area contributed by atoms with E-state index in [0.29, 0.717) is 31.0 Å². The fraction of sp³-hybridized carbons (Fsp3) is 0.350. The summed E-state index contributed by atoms with van der Waals surface area (Å²) in [6.07, 6.45) is 2.80. The molecule has 0 spiro atoms. The van der Waals surface area contributed by atoms with Crippen LogP contribution in [0, 0.1) is 0 Å². The standard InChI is InChI=1S/C20H24N2O4S/c1-27(24,25)22-18-9-7-16(8-10-18)19(23)21-15-20(11-13-26-14-12-20)17-5-3-2-4-6-17/h2-10,22H,11-15H2,1H3,(H,21,23). The van der Waals surface area contributed by atoms with Gasteiger partial charge in [-0.05, 0) is 42.7 Å². The lowest BCUT2D eigenvalue weighted by Crippen LogP contribution is -2.44. The van der Waals surface area contributed by atoms with E-state index in [0.717, 1.165) is 19.1 Å². The number of sulfonamides is 1. The van der Waals surface area contributed by atoms with Crippen molar-refractivity contribution in [3.05, 3.63) is 65.7 Å². The van der Waals surface area contributed by atoms with Gasteiger partial charge in [-0.15, -0.1) is 0 Å². The third kappa shape index (κ3) is 5.08. The van der Waals surface area contributed by atoms with Crippen LogP contribution in [0.2, 0.25) is 0 Å². The van der Waals surface area contributed by atoms with Crippen molar-refractivity contribution >= 4 is 21.6 Å². The zero-order valence-electron chi connectivity index (χ0n) is 15.3. The van der Waals surface area contributed by atoms with Crippen LogP contribution in [-0.4, -0.2) is 40.3 Å². The monoisotopic (exact) mass is 388 g/mol. The predicted molar refractivity (Wildman–Crippen MR) is 105 cm³/mol. The molecule has 0 saturated carbocycles. The number of benzene rings is 2. The molecule has 6 nitrogen and oxygen atoms in total. The topological polar surface area (TPSA) is 84.5 Å². The van der Waals surface area contributed by atoms with Gasteiger partial charge in [-0.3, -0.25) is 9.52 Å². The Kier molecular flexibility index (Phi) is 5.82. The molecule has 2 aromatic carbocycles. The molecule has 2 N–H and O–H groups in total. The smallest absolute Gasteiger partial charge is 0.251 e. The van der Waals surface area contributed by atoms with E-state index in [1.807, 2.05) is 18.2 Å². The van der Waals surface area contributed by atoms with Gasteiger partial charge in [0, 0.05) is 36.4 Å². The highest BCUT2D eigenvalue weighted by Crippen LogP contribution is 2.34. The molecule has 1 heterocycles. The van der Waals surface area contributed by atoms with Gasteiger partial charge in [-0.1, -0.05) is 30.3 Å². The maximum atomic E-state index is 12.6. The van der Waals surface area contributed by atoms with Gasteiger partial charge in [0.1, 0.15) is 0 Å². The van der Waals surface area contributed by atoms with E-state index in [1.54, 1.807) is 24.3 Å². The number of hydrogen-bond donors (Lipinski definition) is 2. The molecule has 1 aliphatic rings. The molecule has 1 saturated heterocycles. The van der Waals surface area contributed by atoms with Crippen molar-refractivity contribution in [3.63, 3.8) is 0 Å². The first-order chi connectivity index (χ1) is 12.9. The lowest BCUT2D eigenvalue weighted by Gasteiger charge is -2.38. The Bertz CT molecular complexity index is 874. The molecule has 0 bridgehead atoms. The molecule has 0 atom stereocenters. The molecule has 2 aromatic rings. The molecule has 0 unspecified atom stereocenters. The minimum Gasteiger partial charge on any atom is -0.381 e. The summed E-state index contributed by atoms with van der Waals surface area (Å²) in [6.45, 7) is 1.88. The number of anilines is 1. The van der Waals surface area contributed by atoms with Gasteiger partial charge in [0.25, 0.3) is 5.91 Å². The van der Waals surface area contributed by atoms with Crippen molar-refractivity contribution in [2.75, 3.05) is 30.7 Å². The maximum absolute atomic E-state index is 12.6. The number of hydrogen-bond acceptors (Lipinski definition) is 4. The minimum absolute atomic E-state index is 0.132. The van der Waals surface area contributed by atoms with Crippen molar-refractivity contribution in [1.29, 1.82) is 0 Å². The number of carbonyl (C=O) groups excluding carboxylic acids is 1. The summed E-state index contributed by atoms with van der Waals surface area (Å²) in [5.41, 5.74) is 2.00. The molecule has 27 heavy (non-hydrogen) atoms. The molecule has 7 heteroatoms. The van der Waals surface area contributed by atoms with Crippen molar-refractivity contribution < 1.29 is 17.9 Å². The Hall–Kier alpha value is -2.38. The Balaban J connectivity index is 1.69. The first kappa shape index (κ1) is 19.4. The highest BCUT2D eigenvalue weighted by Gasteiger charge is 2.34. The fourth-order valence-corrected chi connectivity index (χ4v) is 3.94. The summed E-state index contributed by atoms with van der Waals surface area (Å²) < 4.78 is 30.4. The third-order valence-corrected chi connectivity index (χ3v) is 5.48. The van der Waals surface area contributed by atoms with Crippen LogP contribution in [0.3, 0.4) is 0 Å². The fourth-order valence-electron chi connectivity index (χ4n) is 3.38. The largest absolute Gasteiger partial charge is 0.381 e. The second kappa shape index (κ2) is 8.10. The van der Waals surface area contributed by atoms with Gasteiger partial charge in [0.15, 0.2) is 0 Å². The van der Waals surface area contributed by atoms with Crippen LogP contribution in [0.1, 0.15) is 28.8 Å². The van der Waals surface area contributed by atoms with Crippen molar-refractivity contribution in [3.8, 4) is 0 Å². The second-order valence-corrected chi connectivity index (χ2v) is 8.64. The first-order valence-electron chi connectivity index (χ1n) is 8.87. The molecule has 0 radical (unpaired) electrons. The molecular formula is C20H24N2O4S. The molecule has 1 fully saturated rings. The number of carbonyl (C=O) groups is 1.